The van der Waals surface area contributed by atoms with Gasteiger partial charge in [-0.1, -0.05) is 6.07 Å². The molecule has 1 aliphatic heterocycles. The molecular formula is C15H21N3O2. The van der Waals surface area contributed by atoms with Gasteiger partial charge in [0.1, 0.15) is 0 Å². The van der Waals surface area contributed by atoms with Crippen molar-refractivity contribution in [1.29, 1.82) is 0 Å². The summed E-state index contributed by atoms with van der Waals surface area (Å²) in [4.78, 5) is 29.6. The Balaban J connectivity index is 1.77. The number of nitrogens with zero attached hydrogens (tertiary/aromatic N) is 2. The highest BCUT2D eigenvalue weighted by Gasteiger charge is 2.35. The molecule has 1 aromatic heterocycles. The molecule has 2 heterocycles. The molecule has 1 aliphatic rings. The fourth-order valence-corrected chi connectivity index (χ4v) is 2.43. The number of carbonyl (C=O) groups is 2. The molecule has 20 heavy (non-hydrogen) atoms. The SMILES string of the molecule is CC(C)N1C[C@@H](C(=O)NCCc2cccnc2)CC1=O. The van der Waals surface area contributed by atoms with Crippen molar-refractivity contribution in [1.82, 2.24) is 15.2 Å². The number of hydrogen-bond donors (Lipinski definition) is 1. The van der Waals surface area contributed by atoms with Crippen molar-refractivity contribution in [2.45, 2.75) is 32.7 Å². The molecule has 1 saturated heterocycles. The molecule has 0 saturated carbocycles. The van der Waals surface area contributed by atoms with E-state index in [0.29, 0.717) is 19.5 Å². The number of pyridine rings is 1. The number of carbonyl (C=O) groups excluding carboxylic acids is 2. The summed E-state index contributed by atoms with van der Waals surface area (Å²) in [6, 6.07) is 4.03. The van der Waals surface area contributed by atoms with E-state index in [2.05, 4.69) is 10.3 Å². The standard InChI is InChI=1S/C15H21N3O2/c1-11(2)18-10-13(8-14(18)19)15(20)17-7-5-12-4-3-6-16-9-12/h3-4,6,9,11,13H,5,7-8,10H2,1-2H3,(H,17,20)/t13-/m0/s1. The lowest BCUT2D eigenvalue weighted by atomic mass is 10.1. The Labute approximate surface area is 119 Å². The van der Waals surface area contributed by atoms with Crippen LogP contribution in [0.3, 0.4) is 0 Å². The summed E-state index contributed by atoms with van der Waals surface area (Å²) in [6.07, 6.45) is 4.61. The van der Waals surface area contributed by atoms with Crippen LogP contribution in [0.25, 0.3) is 0 Å². The molecule has 1 N–H and O–H groups in total. The molecule has 0 bridgehead atoms. The number of hydrogen-bond acceptors (Lipinski definition) is 3. The van der Waals surface area contributed by atoms with Gasteiger partial charge in [-0.2, -0.15) is 0 Å². The second-order valence-electron chi connectivity index (χ2n) is 5.44. The van der Waals surface area contributed by atoms with Crippen LogP contribution in [0.2, 0.25) is 0 Å². The molecule has 0 radical (unpaired) electrons. The van der Waals surface area contributed by atoms with E-state index in [4.69, 9.17) is 0 Å². The maximum absolute atomic E-state index is 12.0. The molecular weight excluding hydrogens is 254 g/mol. The molecule has 108 valence electrons. The van der Waals surface area contributed by atoms with Crippen molar-refractivity contribution in [3.05, 3.63) is 30.1 Å². The van der Waals surface area contributed by atoms with Crippen molar-refractivity contribution < 1.29 is 9.59 Å². The maximum Gasteiger partial charge on any atom is 0.225 e. The van der Waals surface area contributed by atoms with Gasteiger partial charge in [-0.15, -0.1) is 0 Å². The summed E-state index contributed by atoms with van der Waals surface area (Å²) < 4.78 is 0. The van der Waals surface area contributed by atoms with Crippen LogP contribution in [-0.4, -0.2) is 40.8 Å². The average molecular weight is 275 g/mol. The lowest BCUT2D eigenvalue weighted by molar-refractivity contribution is -0.129. The molecule has 0 unspecified atom stereocenters. The topological polar surface area (TPSA) is 62.3 Å². The smallest absolute Gasteiger partial charge is 0.225 e. The van der Waals surface area contributed by atoms with E-state index in [1.807, 2.05) is 26.0 Å². The Morgan fingerprint density at radius 3 is 2.95 bits per heavy atom. The third-order valence-corrected chi connectivity index (χ3v) is 3.59. The number of likely N-dealkylation sites (tertiary alicyclic amines) is 1. The second kappa shape index (κ2) is 6.50. The predicted molar refractivity (Wildman–Crippen MR) is 75.9 cm³/mol. The van der Waals surface area contributed by atoms with Crippen molar-refractivity contribution >= 4 is 11.8 Å². The highest BCUT2D eigenvalue weighted by molar-refractivity contribution is 5.89. The fourth-order valence-electron chi connectivity index (χ4n) is 2.43. The zero-order valence-electron chi connectivity index (χ0n) is 12.0. The molecule has 0 aromatic carbocycles. The Hall–Kier alpha value is -1.91. The van der Waals surface area contributed by atoms with Crippen molar-refractivity contribution in [2.75, 3.05) is 13.1 Å². The molecule has 5 nitrogen and oxygen atoms in total. The highest BCUT2D eigenvalue weighted by Crippen LogP contribution is 2.20. The minimum atomic E-state index is -0.209. The van der Waals surface area contributed by atoms with Crippen molar-refractivity contribution in [3.63, 3.8) is 0 Å². The first kappa shape index (κ1) is 14.5. The van der Waals surface area contributed by atoms with Crippen LogP contribution < -0.4 is 5.32 Å². The van der Waals surface area contributed by atoms with Gasteiger partial charge < -0.3 is 10.2 Å². The number of rotatable bonds is 5. The Morgan fingerprint density at radius 2 is 2.35 bits per heavy atom. The summed E-state index contributed by atoms with van der Waals surface area (Å²) in [5.41, 5.74) is 1.10. The Bertz CT molecular complexity index is 473. The molecule has 1 fully saturated rings. The molecule has 0 aliphatic carbocycles. The van der Waals surface area contributed by atoms with E-state index in [0.717, 1.165) is 12.0 Å². The van der Waals surface area contributed by atoms with Gasteiger partial charge in [-0.25, -0.2) is 0 Å². The largest absolute Gasteiger partial charge is 0.355 e. The molecule has 5 heteroatoms. The summed E-state index contributed by atoms with van der Waals surface area (Å²) in [6.45, 7) is 5.06. The van der Waals surface area contributed by atoms with E-state index in [1.54, 1.807) is 17.3 Å². The minimum absolute atomic E-state index is 0.0228. The maximum atomic E-state index is 12.0. The molecule has 2 rings (SSSR count). The first-order valence-corrected chi connectivity index (χ1v) is 7.04. The van der Waals surface area contributed by atoms with Crippen molar-refractivity contribution in [2.24, 2.45) is 5.92 Å². The van der Waals surface area contributed by atoms with Crippen LogP contribution in [0.1, 0.15) is 25.8 Å². The van der Waals surface area contributed by atoms with Gasteiger partial charge in [-0.05, 0) is 31.9 Å². The van der Waals surface area contributed by atoms with E-state index in [1.165, 1.54) is 0 Å². The lowest BCUT2D eigenvalue weighted by Crippen LogP contribution is -2.36. The number of nitrogens with one attached hydrogen (secondary N) is 1. The second-order valence-corrected chi connectivity index (χ2v) is 5.44. The number of amides is 2. The first-order chi connectivity index (χ1) is 9.58. The minimum Gasteiger partial charge on any atom is -0.355 e. The van der Waals surface area contributed by atoms with Gasteiger partial charge in [0.2, 0.25) is 11.8 Å². The lowest BCUT2D eigenvalue weighted by Gasteiger charge is -2.20. The quantitative estimate of drug-likeness (QED) is 0.872. The van der Waals surface area contributed by atoms with Gasteiger partial charge >= 0.3 is 0 Å². The van der Waals surface area contributed by atoms with Crippen LogP contribution in [0.15, 0.2) is 24.5 Å². The van der Waals surface area contributed by atoms with Crippen LogP contribution in [-0.2, 0) is 16.0 Å². The molecule has 1 atom stereocenters. The predicted octanol–water partition coefficient (Wildman–Crippen LogP) is 0.997. The van der Waals surface area contributed by atoms with E-state index in [9.17, 15) is 9.59 Å². The van der Waals surface area contributed by atoms with Crippen LogP contribution >= 0.6 is 0 Å². The zero-order valence-corrected chi connectivity index (χ0v) is 12.0. The highest BCUT2D eigenvalue weighted by atomic mass is 16.2. The van der Waals surface area contributed by atoms with Gasteiger partial charge in [-0.3, -0.25) is 14.6 Å². The summed E-state index contributed by atoms with van der Waals surface area (Å²) in [5, 5.41) is 2.91. The Morgan fingerprint density at radius 1 is 1.55 bits per heavy atom. The van der Waals surface area contributed by atoms with Crippen LogP contribution in [0.4, 0.5) is 0 Å². The van der Waals surface area contributed by atoms with Gasteiger partial charge in [0.15, 0.2) is 0 Å². The average Bonchev–Trinajstić information content (AvgIpc) is 2.82. The molecule has 0 spiro atoms. The summed E-state index contributed by atoms with van der Waals surface area (Å²) in [5.74, 6) is -0.156. The van der Waals surface area contributed by atoms with E-state index >= 15 is 0 Å². The fraction of sp³-hybridized carbons (Fsp3) is 0.533. The van der Waals surface area contributed by atoms with Gasteiger partial charge in [0, 0.05) is 37.9 Å². The van der Waals surface area contributed by atoms with E-state index < -0.39 is 0 Å². The number of aromatic nitrogens is 1. The molecule has 2 amide bonds. The summed E-state index contributed by atoms with van der Waals surface area (Å²) >= 11 is 0. The third-order valence-electron chi connectivity index (χ3n) is 3.59. The van der Waals surface area contributed by atoms with Crippen molar-refractivity contribution in [3.8, 4) is 0 Å². The van der Waals surface area contributed by atoms with Crippen LogP contribution in [0.5, 0.6) is 0 Å². The van der Waals surface area contributed by atoms with E-state index in [-0.39, 0.29) is 23.8 Å². The zero-order chi connectivity index (χ0) is 14.5. The van der Waals surface area contributed by atoms with Crippen LogP contribution in [0, 0.1) is 5.92 Å². The molecule has 1 aromatic rings. The normalized spacial score (nSPS) is 18.6. The Kier molecular flexibility index (Phi) is 4.71. The first-order valence-electron chi connectivity index (χ1n) is 7.04. The monoisotopic (exact) mass is 275 g/mol. The summed E-state index contributed by atoms with van der Waals surface area (Å²) in [7, 11) is 0. The van der Waals surface area contributed by atoms with Gasteiger partial charge in [0.05, 0.1) is 5.92 Å². The third kappa shape index (κ3) is 3.56. The van der Waals surface area contributed by atoms with Gasteiger partial charge in [0.25, 0.3) is 0 Å².